The first kappa shape index (κ1) is 15.0. The Kier molecular flexibility index (Phi) is 4.13. The molecular weight excluding hydrogens is 282 g/mol. The topological polar surface area (TPSA) is 70.7 Å². The number of carbonyl (C=O) groups excluding carboxylic acids is 2. The van der Waals surface area contributed by atoms with Crippen LogP contribution in [0.15, 0.2) is 30.3 Å². The summed E-state index contributed by atoms with van der Waals surface area (Å²) in [5, 5.41) is 6.11. The molecule has 2 heterocycles. The first-order valence-electron chi connectivity index (χ1n) is 7.59. The molecule has 1 spiro atoms. The number of piperidine rings is 1. The lowest BCUT2D eigenvalue weighted by molar-refractivity contribution is -0.133. The van der Waals surface area contributed by atoms with Crippen molar-refractivity contribution < 1.29 is 14.3 Å². The molecule has 3 rings (SSSR count). The van der Waals surface area contributed by atoms with Gasteiger partial charge in [0.1, 0.15) is 11.6 Å². The van der Waals surface area contributed by atoms with E-state index in [0.717, 1.165) is 18.7 Å². The summed E-state index contributed by atoms with van der Waals surface area (Å²) >= 11 is 0. The maximum Gasteiger partial charge on any atom is 0.325 e. The van der Waals surface area contributed by atoms with Crippen LogP contribution in [0.1, 0.15) is 24.5 Å². The van der Waals surface area contributed by atoms with E-state index in [2.05, 4.69) is 10.6 Å². The minimum atomic E-state index is -0.725. The number of nitrogens with one attached hydrogen (secondary N) is 2. The highest BCUT2D eigenvalue weighted by Crippen LogP contribution is 2.29. The largest absolute Gasteiger partial charge is 0.375 e. The Balaban J connectivity index is 1.77. The van der Waals surface area contributed by atoms with Crippen molar-refractivity contribution in [3.05, 3.63) is 35.9 Å². The quantitative estimate of drug-likeness (QED) is 0.816. The van der Waals surface area contributed by atoms with Gasteiger partial charge in [0.05, 0.1) is 6.54 Å². The predicted octanol–water partition coefficient (Wildman–Crippen LogP) is 1.05. The molecule has 0 unspecified atom stereocenters. The fourth-order valence-corrected chi connectivity index (χ4v) is 3.18. The Hall–Kier alpha value is -1.92. The molecule has 2 aliphatic rings. The zero-order chi connectivity index (χ0) is 15.6. The standard InChI is InChI=1S/C16H21N3O3/c1-22-13(12-5-3-2-4-6-12)11-19-14(20)16(18-15(19)21)7-9-17-10-8-16/h2-6,13,17H,7-11H2,1H3,(H,18,21)/t13-/m1/s1. The molecule has 2 aliphatic heterocycles. The van der Waals surface area contributed by atoms with Gasteiger partial charge in [-0.2, -0.15) is 0 Å². The fourth-order valence-electron chi connectivity index (χ4n) is 3.18. The molecule has 0 aromatic heterocycles. The molecule has 118 valence electrons. The summed E-state index contributed by atoms with van der Waals surface area (Å²) in [6.07, 6.45) is 0.960. The molecule has 6 nitrogen and oxygen atoms in total. The van der Waals surface area contributed by atoms with Crippen molar-refractivity contribution in [3.63, 3.8) is 0 Å². The van der Waals surface area contributed by atoms with Gasteiger partial charge < -0.3 is 15.4 Å². The van der Waals surface area contributed by atoms with Crippen LogP contribution in [0.25, 0.3) is 0 Å². The van der Waals surface area contributed by atoms with Crippen LogP contribution in [-0.4, -0.2) is 49.1 Å². The zero-order valence-corrected chi connectivity index (χ0v) is 12.7. The van der Waals surface area contributed by atoms with E-state index in [9.17, 15) is 9.59 Å². The normalized spacial score (nSPS) is 22.0. The maximum atomic E-state index is 12.7. The predicted molar refractivity (Wildman–Crippen MR) is 81.3 cm³/mol. The van der Waals surface area contributed by atoms with E-state index in [-0.39, 0.29) is 24.6 Å². The van der Waals surface area contributed by atoms with Crippen LogP contribution >= 0.6 is 0 Å². The number of benzene rings is 1. The van der Waals surface area contributed by atoms with Crippen molar-refractivity contribution >= 4 is 11.9 Å². The summed E-state index contributed by atoms with van der Waals surface area (Å²) in [6.45, 7) is 1.72. The van der Waals surface area contributed by atoms with Crippen LogP contribution in [0.4, 0.5) is 4.79 Å². The summed E-state index contributed by atoms with van der Waals surface area (Å²) < 4.78 is 5.48. The van der Waals surface area contributed by atoms with Crippen LogP contribution in [0, 0.1) is 0 Å². The minimum Gasteiger partial charge on any atom is -0.375 e. The van der Waals surface area contributed by atoms with Crippen LogP contribution in [0.2, 0.25) is 0 Å². The molecular formula is C16H21N3O3. The number of carbonyl (C=O) groups is 2. The van der Waals surface area contributed by atoms with Crippen molar-refractivity contribution in [1.82, 2.24) is 15.5 Å². The van der Waals surface area contributed by atoms with Gasteiger partial charge in [-0.3, -0.25) is 9.69 Å². The Labute approximate surface area is 129 Å². The van der Waals surface area contributed by atoms with Gasteiger partial charge in [-0.25, -0.2) is 4.79 Å². The first-order valence-corrected chi connectivity index (χ1v) is 7.59. The van der Waals surface area contributed by atoms with Gasteiger partial charge in [-0.05, 0) is 31.5 Å². The second-order valence-corrected chi connectivity index (χ2v) is 5.81. The molecule has 0 bridgehead atoms. The van der Waals surface area contributed by atoms with E-state index in [4.69, 9.17) is 4.74 Å². The number of ether oxygens (including phenoxy) is 1. The summed E-state index contributed by atoms with van der Waals surface area (Å²) in [5.41, 5.74) is 0.231. The van der Waals surface area contributed by atoms with Crippen LogP contribution in [0.3, 0.4) is 0 Å². The Morgan fingerprint density at radius 3 is 2.55 bits per heavy atom. The molecule has 0 saturated carbocycles. The number of hydrogen-bond acceptors (Lipinski definition) is 4. The van der Waals surface area contributed by atoms with Crippen molar-refractivity contribution in [2.45, 2.75) is 24.5 Å². The average molecular weight is 303 g/mol. The second kappa shape index (κ2) is 6.06. The van der Waals surface area contributed by atoms with E-state index in [0.29, 0.717) is 12.8 Å². The maximum absolute atomic E-state index is 12.7. The molecule has 1 aromatic carbocycles. The highest BCUT2D eigenvalue weighted by Gasteiger charge is 2.51. The minimum absolute atomic E-state index is 0.128. The molecule has 3 amide bonds. The van der Waals surface area contributed by atoms with Crippen molar-refractivity contribution in [1.29, 1.82) is 0 Å². The number of amides is 3. The fraction of sp³-hybridized carbons (Fsp3) is 0.500. The number of imide groups is 1. The summed E-state index contributed by atoms with van der Waals surface area (Å²) in [7, 11) is 1.59. The molecule has 1 aromatic rings. The molecule has 0 aliphatic carbocycles. The van der Waals surface area contributed by atoms with Gasteiger partial charge in [0.15, 0.2) is 0 Å². The molecule has 2 fully saturated rings. The number of methoxy groups -OCH3 is 1. The van der Waals surface area contributed by atoms with Crippen molar-refractivity contribution in [2.24, 2.45) is 0 Å². The van der Waals surface area contributed by atoms with Crippen molar-refractivity contribution in [3.8, 4) is 0 Å². The van der Waals surface area contributed by atoms with Crippen LogP contribution < -0.4 is 10.6 Å². The summed E-state index contributed by atoms with van der Waals surface area (Å²) in [5.74, 6) is -0.128. The number of rotatable bonds is 4. The third kappa shape index (κ3) is 2.60. The highest BCUT2D eigenvalue weighted by atomic mass is 16.5. The van der Waals surface area contributed by atoms with E-state index in [1.54, 1.807) is 7.11 Å². The molecule has 2 N–H and O–H groups in total. The van der Waals surface area contributed by atoms with Crippen LogP contribution in [0.5, 0.6) is 0 Å². The van der Waals surface area contributed by atoms with Crippen LogP contribution in [-0.2, 0) is 9.53 Å². The lowest BCUT2D eigenvalue weighted by Crippen LogP contribution is -2.54. The summed E-state index contributed by atoms with van der Waals surface area (Å²) in [6, 6.07) is 9.32. The van der Waals surface area contributed by atoms with Gasteiger partial charge >= 0.3 is 6.03 Å². The van der Waals surface area contributed by atoms with E-state index in [1.807, 2.05) is 30.3 Å². The first-order chi connectivity index (χ1) is 10.7. The van der Waals surface area contributed by atoms with Gasteiger partial charge in [0, 0.05) is 7.11 Å². The van der Waals surface area contributed by atoms with Gasteiger partial charge in [0.2, 0.25) is 0 Å². The smallest absolute Gasteiger partial charge is 0.325 e. The third-order valence-electron chi connectivity index (χ3n) is 4.51. The highest BCUT2D eigenvalue weighted by molar-refractivity contribution is 6.07. The monoisotopic (exact) mass is 303 g/mol. The summed E-state index contributed by atoms with van der Waals surface area (Å²) in [4.78, 5) is 26.3. The molecule has 1 atom stereocenters. The van der Waals surface area contributed by atoms with E-state index < -0.39 is 5.54 Å². The van der Waals surface area contributed by atoms with Gasteiger partial charge in [0.25, 0.3) is 5.91 Å². The average Bonchev–Trinajstić information content (AvgIpc) is 2.77. The Bertz CT molecular complexity index is 555. The number of nitrogens with zero attached hydrogens (tertiary/aromatic N) is 1. The van der Waals surface area contributed by atoms with Gasteiger partial charge in [-0.1, -0.05) is 30.3 Å². The van der Waals surface area contributed by atoms with E-state index in [1.165, 1.54) is 4.90 Å². The number of urea groups is 1. The molecule has 0 radical (unpaired) electrons. The van der Waals surface area contributed by atoms with E-state index >= 15 is 0 Å². The Morgan fingerprint density at radius 1 is 1.23 bits per heavy atom. The zero-order valence-electron chi connectivity index (χ0n) is 12.7. The molecule has 22 heavy (non-hydrogen) atoms. The SMILES string of the molecule is CO[C@H](CN1C(=O)NC2(CCNCC2)C1=O)c1ccccc1. The lowest BCUT2D eigenvalue weighted by Gasteiger charge is -2.31. The number of hydrogen-bond donors (Lipinski definition) is 2. The molecule has 6 heteroatoms. The molecule has 2 saturated heterocycles. The third-order valence-corrected chi connectivity index (χ3v) is 4.51. The Morgan fingerprint density at radius 2 is 1.91 bits per heavy atom. The van der Waals surface area contributed by atoms with Crippen molar-refractivity contribution in [2.75, 3.05) is 26.7 Å². The second-order valence-electron chi connectivity index (χ2n) is 5.81. The van der Waals surface area contributed by atoms with Gasteiger partial charge in [-0.15, -0.1) is 0 Å². The lowest BCUT2D eigenvalue weighted by atomic mass is 9.88.